The van der Waals surface area contributed by atoms with Crippen molar-refractivity contribution in [3.8, 4) is 0 Å². The summed E-state index contributed by atoms with van der Waals surface area (Å²) in [4.78, 5) is 13.3. The Kier molecular flexibility index (Phi) is 9.78. The number of hydrogen-bond donors (Lipinski definition) is 2. The average Bonchev–Trinajstić information content (AvgIpc) is 3.23. The SMILES string of the molecule is CC[C@@H](OC[C@H](O)CN1CCC[C@H]1Cc1ccc(C)c(F)c1)c1cc(F)c(C)cc1CCC(=O)O. The molecule has 1 aliphatic heterocycles. The smallest absolute Gasteiger partial charge is 0.303 e. The number of aliphatic carboxylic acids is 1. The second-order valence-electron chi connectivity index (χ2n) is 9.66. The van der Waals surface area contributed by atoms with Gasteiger partial charge in [0.2, 0.25) is 0 Å². The van der Waals surface area contributed by atoms with Crippen LogP contribution in [0.2, 0.25) is 0 Å². The molecule has 0 aromatic heterocycles. The quantitative estimate of drug-likeness (QED) is 0.432. The molecule has 1 aliphatic rings. The second-order valence-corrected chi connectivity index (χ2v) is 9.66. The first-order valence-electron chi connectivity index (χ1n) is 12.5. The van der Waals surface area contributed by atoms with Crippen LogP contribution < -0.4 is 0 Å². The van der Waals surface area contributed by atoms with Crippen molar-refractivity contribution < 1.29 is 28.5 Å². The molecule has 0 amide bonds. The van der Waals surface area contributed by atoms with E-state index in [1.807, 2.05) is 13.0 Å². The van der Waals surface area contributed by atoms with E-state index in [0.717, 1.165) is 36.9 Å². The molecule has 0 radical (unpaired) electrons. The van der Waals surface area contributed by atoms with E-state index in [2.05, 4.69) is 4.90 Å². The minimum absolute atomic E-state index is 0.0433. The number of aliphatic hydroxyl groups excluding tert-OH is 1. The number of carbonyl (C=O) groups is 1. The molecule has 7 heteroatoms. The van der Waals surface area contributed by atoms with Crippen molar-refractivity contribution in [1.29, 1.82) is 0 Å². The number of hydrogen-bond acceptors (Lipinski definition) is 4. The summed E-state index contributed by atoms with van der Waals surface area (Å²) in [7, 11) is 0. The molecule has 0 saturated carbocycles. The highest BCUT2D eigenvalue weighted by Gasteiger charge is 2.27. The van der Waals surface area contributed by atoms with Gasteiger partial charge in [0.05, 0.1) is 18.8 Å². The molecule has 1 fully saturated rings. The molecule has 1 saturated heterocycles. The summed E-state index contributed by atoms with van der Waals surface area (Å²) in [6, 6.07) is 8.73. The zero-order valence-electron chi connectivity index (χ0n) is 20.9. The Morgan fingerprint density at radius 3 is 2.60 bits per heavy atom. The molecule has 2 aromatic carbocycles. The summed E-state index contributed by atoms with van der Waals surface area (Å²) in [6.45, 7) is 6.74. The van der Waals surface area contributed by atoms with Crippen molar-refractivity contribution >= 4 is 5.97 Å². The van der Waals surface area contributed by atoms with Crippen LogP contribution in [0.5, 0.6) is 0 Å². The van der Waals surface area contributed by atoms with Crippen LogP contribution in [0.15, 0.2) is 30.3 Å². The summed E-state index contributed by atoms with van der Waals surface area (Å²) in [5.41, 5.74) is 3.46. The Balaban J connectivity index is 1.60. The fraction of sp³-hybridized carbons (Fsp3) is 0.536. The van der Waals surface area contributed by atoms with Crippen molar-refractivity contribution in [3.63, 3.8) is 0 Å². The number of nitrogens with zero attached hydrogens (tertiary/aromatic N) is 1. The van der Waals surface area contributed by atoms with Gasteiger partial charge in [0.1, 0.15) is 11.6 Å². The monoisotopic (exact) mass is 489 g/mol. The number of aryl methyl sites for hydroxylation is 3. The first kappa shape index (κ1) is 27.2. The predicted molar refractivity (Wildman–Crippen MR) is 132 cm³/mol. The number of β-amino-alcohol motifs (C(OH)–C–C–N with tert-alkyl or cyclic N) is 1. The summed E-state index contributed by atoms with van der Waals surface area (Å²) >= 11 is 0. The normalized spacial score (nSPS) is 18.1. The lowest BCUT2D eigenvalue weighted by Gasteiger charge is -2.28. The maximum atomic E-state index is 14.3. The number of halogens is 2. The lowest BCUT2D eigenvalue weighted by atomic mass is 9.95. The van der Waals surface area contributed by atoms with Crippen LogP contribution in [0.25, 0.3) is 0 Å². The zero-order valence-corrected chi connectivity index (χ0v) is 20.9. The molecule has 0 unspecified atom stereocenters. The Bertz CT molecular complexity index is 1010. The van der Waals surface area contributed by atoms with Gasteiger partial charge < -0.3 is 14.9 Å². The Labute approximate surface area is 206 Å². The third-order valence-corrected chi connectivity index (χ3v) is 6.89. The topological polar surface area (TPSA) is 70.0 Å². The first-order valence-corrected chi connectivity index (χ1v) is 12.5. The van der Waals surface area contributed by atoms with Crippen LogP contribution in [-0.4, -0.2) is 52.9 Å². The molecule has 3 atom stereocenters. The van der Waals surface area contributed by atoms with Crippen molar-refractivity contribution in [2.24, 2.45) is 0 Å². The molecule has 1 heterocycles. The van der Waals surface area contributed by atoms with Crippen LogP contribution in [0.4, 0.5) is 8.78 Å². The van der Waals surface area contributed by atoms with Gasteiger partial charge in [0.15, 0.2) is 0 Å². The summed E-state index contributed by atoms with van der Waals surface area (Å²) in [5, 5.41) is 19.8. The third-order valence-electron chi connectivity index (χ3n) is 6.89. The number of aliphatic hydroxyl groups is 1. The Hall–Kier alpha value is -2.35. The van der Waals surface area contributed by atoms with Crippen LogP contribution in [0.1, 0.15) is 66.5 Å². The highest BCUT2D eigenvalue weighted by atomic mass is 19.1. The zero-order chi connectivity index (χ0) is 25.5. The van der Waals surface area contributed by atoms with E-state index < -0.39 is 18.2 Å². The van der Waals surface area contributed by atoms with Gasteiger partial charge in [-0.15, -0.1) is 0 Å². The highest BCUT2D eigenvalue weighted by molar-refractivity contribution is 5.67. The molecule has 5 nitrogen and oxygen atoms in total. The fourth-order valence-corrected chi connectivity index (χ4v) is 4.89. The molecular weight excluding hydrogens is 452 g/mol. The van der Waals surface area contributed by atoms with Gasteiger partial charge in [0, 0.05) is 19.0 Å². The number of carboxylic acids is 1. The van der Waals surface area contributed by atoms with E-state index in [4.69, 9.17) is 9.84 Å². The van der Waals surface area contributed by atoms with Gasteiger partial charge in [-0.3, -0.25) is 9.69 Å². The van der Waals surface area contributed by atoms with Gasteiger partial charge in [-0.2, -0.15) is 0 Å². The molecule has 0 spiro atoms. The van der Waals surface area contributed by atoms with E-state index in [1.54, 1.807) is 32.0 Å². The number of likely N-dealkylation sites (tertiary alicyclic amines) is 1. The number of benzene rings is 2. The Morgan fingerprint density at radius 2 is 1.91 bits per heavy atom. The lowest BCUT2D eigenvalue weighted by Crippen LogP contribution is -2.39. The largest absolute Gasteiger partial charge is 0.481 e. The van der Waals surface area contributed by atoms with Crippen LogP contribution >= 0.6 is 0 Å². The van der Waals surface area contributed by atoms with Crippen molar-refractivity contribution in [2.75, 3.05) is 19.7 Å². The van der Waals surface area contributed by atoms with Gasteiger partial charge in [-0.25, -0.2) is 8.78 Å². The molecule has 2 aromatic rings. The molecule has 2 N–H and O–H groups in total. The first-order chi connectivity index (χ1) is 16.7. The maximum Gasteiger partial charge on any atom is 0.303 e. The van der Waals surface area contributed by atoms with Crippen molar-refractivity contribution in [3.05, 3.63) is 69.8 Å². The number of carboxylic acid groups (broad SMARTS) is 1. The number of rotatable bonds is 12. The van der Waals surface area contributed by atoms with E-state index in [-0.39, 0.29) is 30.7 Å². The van der Waals surface area contributed by atoms with Gasteiger partial charge in [-0.1, -0.05) is 25.1 Å². The summed E-state index contributed by atoms with van der Waals surface area (Å²) in [6.07, 6.45) is 2.42. The maximum absolute atomic E-state index is 14.3. The third kappa shape index (κ3) is 7.56. The van der Waals surface area contributed by atoms with E-state index in [9.17, 15) is 18.7 Å². The fourth-order valence-electron chi connectivity index (χ4n) is 4.89. The minimum Gasteiger partial charge on any atom is -0.481 e. The summed E-state index contributed by atoms with van der Waals surface area (Å²) < 4.78 is 34.3. The summed E-state index contributed by atoms with van der Waals surface area (Å²) in [5.74, 6) is -1.45. The van der Waals surface area contributed by atoms with Crippen molar-refractivity contribution in [2.45, 2.75) is 77.5 Å². The molecule has 3 rings (SSSR count). The molecule has 192 valence electrons. The van der Waals surface area contributed by atoms with Crippen LogP contribution in [0.3, 0.4) is 0 Å². The molecule has 35 heavy (non-hydrogen) atoms. The van der Waals surface area contributed by atoms with Gasteiger partial charge in [0.25, 0.3) is 0 Å². The predicted octanol–water partition coefficient (Wildman–Crippen LogP) is 5.13. The van der Waals surface area contributed by atoms with Gasteiger partial charge in [-0.05, 0) is 92.4 Å². The number of ether oxygens (including phenoxy) is 1. The van der Waals surface area contributed by atoms with Crippen molar-refractivity contribution in [1.82, 2.24) is 4.90 Å². The average molecular weight is 490 g/mol. The second kappa shape index (κ2) is 12.6. The van der Waals surface area contributed by atoms with E-state index in [0.29, 0.717) is 36.1 Å². The highest BCUT2D eigenvalue weighted by Crippen LogP contribution is 2.29. The Morgan fingerprint density at radius 1 is 1.17 bits per heavy atom. The minimum atomic E-state index is -0.907. The lowest BCUT2D eigenvalue weighted by molar-refractivity contribution is -0.136. The van der Waals surface area contributed by atoms with E-state index in [1.165, 1.54) is 6.07 Å². The molecule has 0 bridgehead atoms. The van der Waals surface area contributed by atoms with E-state index >= 15 is 0 Å². The van der Waals surface area contributed by atoms with Crippen LogP contribution in [0, 0.1) is 25.5 Å². The molecule has 0 aliphatic carbocycles. The van der Waals surface area contributed by atoms with Gasteiger partial charge >= 0.3 is 5.97 Å². The van der Waals surface area contributed by atoms with Crippen LogP contribution in [-0.2, 0) is 22.4 Å². The standard InChI is InChI=1S/C28H37F2NO4/c1-4-27(24-15-26(30)19(3)12-21(24)9-10-28(33)34)35-17-23(32)16-31-11-5-6-22(31)13-20-8-7-18(2)25(29)14-20/h7-8,12,14-15,22-23,27,32H,4-6,9-11,13,16-17H2,1-3H3,(H,33,34)/t22-,23+,27+/m0/s1. The molecular formula is C28H37F2NO4.